The summed E-state index contributed by atoms with van der Waals surface area (Å²) in [6.07, 6.45) is 3.77. The highest BCUT2D eigenvalue weighted by molar-refractivity contribution is 5.87. The number of hydrogen-bond donors (Lipinski definition) is 1. The predicted octanol–water partition coefficient (Wildman–Crippen LogP) is 4.98. The van der Waals surface area contributed by atoms with Crippen LogP contribution in [0.5, 0.6) is 0 Å². The molecule has 0 aromatic rings. The first-order valence-electron chi connectivity index (χ1n) is 9.71. The van der Waals surface area contributed by atoms with Crippen LogP contribution in [-0.2, 0) is 9.53 Å². The van der Waals surface area contributed by atoms with Gasteiger partial charge in [-0.3, -0.25) is 0 Å². The molecule has 25 heavy (non-hydrogen) atoms. The van der Waals surface area contributed by atoms with Gasteiger partial charge in [0.25, 0.3) is 0 Å². The summed E-state index contributed by atoms with van der Waals surface area (Å²) in [5, 5.41) is 10.3. The van der Waals surface area contributed by atoms with Crippen LogP contribution in [0.1, 0.15) is 74.7 Å². The average Bonchev–Trinajstić information content (AvgIpc) is 2.79. The van der Waals surface area contributed by atoms with Crippen LogP contribution < -0.4 is 0 Å². The lowest BCUT2D eigenvalue weighted by Gasteiger charge is -2.52. The Morgan fingerprint density at radius 3 is 2.20 bits per heavy atom. The van der Waals surface area contributed by atoms with Gasteiger partial charge in [0, 0.05) is 11.5 Å². The van der Waals surface area contributed by atoms with Crippen LogP contribution in [0.15, 0.2) is 12.2 Å². The molecule has 2 aliphatic rings. The second kappa shape index (κ2) is 6.11. The summed E-state index contributed by atoms with van der Waals surface area (Å²) in [5.41, 5.74) is 0.123. The number of aliphatic hydroxyl groups excluding tert-OH is 1. The molecule has 0 aliphatic heterocycles. The first-order chi connectivity index (χ1) is 11.2. The predicted molar refractivity (Wildman–Crippen MR) is 102 cm³/mol. The van der Waals surface area contributed by atoms with Crippen molar-refractivity contribution in [1.29, 1.82) is 0 Å². The number of rotatable bonds is 6. The van der Waals surface area contributed by atoms with Crippen LogP contribution in [0.3, 0.4) is 0 Å². The number of aliphatic hydroxyl groups is 1. The maximum Gasteiger partial charge on any atom is 0.333 e. The van der Waals surface area contributed by atoms with Crippen molar-refractivity contribution in [2.45, 2.75) is 80.3 Å². The monoisotopic (exact) mass is 350 g/mol. The van der Waals surface area contributed by atoms with E-state index in [0.29, 0.717) is 16.9 Å². The molecule has 0 aromatic carbocycles. The van der Waals surface area contributed by atoms with E-state index in [9.17, 15) is 9.90 Å². The maximum atomic E-state index is 12.1. The van der Waals surface area contributed by atoms with Gasteiger partial charge in [0.05, 0.1) is 6.61 Å². The van der Waals surface area contributed by atoms with Gasteiger partial charge in [-0.05, 0) is 68.1 Å². The standard InChI is InChI=1S/C22H38O3/c1-14(2)18(24)25-21(7,8)17(13-23)19(3,4)16-12-15-10-11-22(16,9)20(15,5)6/h15-17,23H,1,10-13H2,2-9H3. The minimum Gasteiger partial charge on any atom is -0.456 e. The summed E-state index contributed by atoms with van der Waals surface area (Å²) in [6.45, 7) is 21.0. The molecule has 2 rings (SSSR count). The molecule has 0 aromatic heterocycles. The van der Waals surface area contributed by atoms with Crippen molar-refractivity contribution in [3.63, 3.8) is 0 Å². The Morgan fingerprint density at radius 2 is 1.84 bits per heavy atom. The molecule has 0 saturated heterocycles. The molecule has 4 unspecified atom stereocenters. The van der Waals surface area contributed by atoms with E-state index in [4.69, 9.17) is 4.74 Å². The molecule has 2 aliphatic carbocycles. The number of fused-ring (bicyclic) bond motifs is 2. The molecule has 0 amide bonds. The molecule has 0 heterocycles. The summed E-state index contributed by atoms with van der Waals surface area (Å²) in [7, 11) is 0. The molecule has 2 fully saturated rings. The highest BCUT2D eigenvalue weighted by atomic mass is 16.6. The summed E-state index contributed by atoms with van der Waals surface area (Å²) >= 11 is 0. The highest BCUT2D eigenvalue weighted by Crippen LogP contribution is 2.72. The highest BCUT2D eigenvalue weighted by Gasteiger charge is 2.66. The Bertz CT molecular complexity index is 558. The molecule has 0 radical (unpaired) electrons. The molecule has 3 nitrogen and oxygen atoms in total. The van der Waals surface area contributed by atoms with Crippen molar-refractivity contribution >= 4 is 5.97 Å². The van der Waals surface area contributed by atoms with Gasteiger partial charge in [0.2, 0.25) is 0 Å². The molecule has 0 spiro atoms. The molecule has 3 heteroatoms. The molecule has 2 saturated carbocycles. The molecule has 2 bridgehead atoms. The van der Waals surface area contributed by atoms with Gasteiger partial charge in [0.1, 0.15) is 5.60 Å². The van der Waals surface area contributed by atoms with Crippen LogP contribution in [0, 0.1) is 34.0 Å². The largest absolute Gasteiger partial charge is 0.456 e. The molecular weight excluding hydrogens is 312 g/mol. The lowest BCUT2D eigenvalue weighted by Crippen LogP contribution is -2.52. The van der Waals surface area contributed by atoms with Gasteiger partial charge >= 0.3 is 5.97 Å². The SMILES string of the molecule is C=C(C)C(=O)OC(C)(C)C(CO)C(C)(C)C1CC2CCC1(C)C2(C)C. The van der Waals surface area contributed by atoms with E-state index < -0.39 is 5.60 Å². The molecule has 144 valence electrons. The van der Waals surface area contributed by atoms with Crippen LogP contribution in [0.2, 0.25) is 0 Å². The second-order valence-electron chi connectivity index (χ2n) is 10.5. The zero-order chi connectivity index (χ0) is 19.4. The lowest BCUT2D eigenvalue weighted by molar-refractivity contribution is -0.171. The molecule has 1 N–H and O–H groups in total. The Balaban J connectivity index is 2.33. The van der Waals surface area contributed by atoms with Gasteiger partial charge in [0.15, 0.2) is 0 Å². The van der Waals surface area contributed by atoms with E-state index in [1.165, 1.54) is 19.3 Å². The number of esters is 1. The van der Waals surface area contributed by atoms with Crippen molar-refractivity contribution in [3.8, 4) is 0 Å². The van der Waals surface area contributed by atoms with Crippen LogP contribution in [0.25, 0.3) is 0 Å². The van der Waals surface area contributed by atoms with Crippen molar-refractivity contribution in [3.05, 3.63) is 12.2 Å². The minimum atomic E-state index is -0.739. The van der Waals surface area contributed by atoms with Crippen molar-refractivity contribution in [1.82, 2.24) is 0 Å². The summed E-state index contributed by atoms with van der Waals surface area (Å²) in [4.78, 5) is 12.1. The van der Waals surface area contributed by atoms with Gasteiger partial charge in [-0.1, -0.05) is 41.2 Å². The summed E-state index contributed by atoms with van der Waals surface area (Å²) in [6, 6.07) is 0. The van der Waals surface area contributed by atoms with Gasteiger partial charge < -0.3 is 9.84 Å². The second-order valence-corrected chi connectivity index (χ2v) is 10.5. The Kier molecular flexibility index (Phi) is 5.01. The lowest BCUT2D eigenvalue weighted by atomic mass is 9.54. The number of carbonyl (C=O) groups is 1. The minimum absolute atomic E-state index is 0.0150. The van der Waals surface area contributed by atoms with E-state index in [1.54, 1.807) is 6.92 Å². The third-order valence-corrected chi connectivity index (χ3v) is 8.32. The third-order valence-electron chi connectivity index (χ3n) is 8.32. The zero-order valence-corrected chi connectivity index (χ0v) is 17.5. The molecule has 4 atom stereocenters. The van der Waals surface area contributed by atoms with Crippen LogP contribution >= 0.6 is 0 Å². The van der Waals surface area contributed by atoms with Crippen molar-refractivity contribution in [2.24, 2.45) is 34.0 Å². The van der Waals surface area contributed by atoms with Crippen LogP contribution in [-0.4, -0.2) is 23.3 Å². The maximum absolute atomic E-state index is 12.1. The smallest absolute Gasteiger partial charge is 0.333 e. The van der Waals surface area contributed by atoms with E-state index in [2.05, 4.69) is 41.2 Å². The molecular formula is C22H38O3. The fraction of sp³-hybridized carbons (Fsp3) is 0.864. The van der Waals surface area contributed by atoms with E-state index in [0.717, 1.165) is 5.92 Å². The Morgan fingerprint density at radius 1 is 1.28 bits per heavy atom. The van der Waals surface area contributed by atoms with Crippen LogP contribution in [0.4, 0.5) is 0 Å². The normalized spacial score (nSPS) is 32.5. The number of carbonyl (C=O) groups excluding carboxylic acids is 1. The summed E-state index contributed by atoms with van der Waals surface area (Å²) in [5.74, 6) is 0.759. The Labute approximate surface area is 154 Å². The van der Waals surface area contributed by atoms with Gasteiger partial charge in [-0.25, -0.2) is 4.79 Å². The van der Waals surface area contributed by atoms with Gasteiger partial charge in [-0.2, -0.15) is 0 Å². The zero-order valence-electron chi connectivity index (χ0n) is 17.5. The third kappa shape index (κ3) is 2.97. The number of hydrogen-bond acceptors (Lipinski definition) is 3. The average molecular weight is 351 g/mol. The van der Waals surface area contributed by atoms with E-state index in [1.807, 2.05) is 13.8 Å². The first kappa shape index (κ1) is 20.5. The fourth-order valence-electron chi connectivity index (χ4n) is 6.32. The van der Waals surface area contributed by atoms with E-state index in [-0.39, 0.29) is 29.3 Å². The quantitative estimate of drug-likeness (QED) is 0.543. The fourth-order valence-corrected chi connectivity index (χ4v) is 6.32. The van der Waals surface area contributed by atoms with E-state index >= 15 is 0 Å². The first-order valence-corrected chi connectivity index (χ1v) is 9.71. The van der Waals surface area contributed by atoms with Crippen molar-refractivity contribution < 1.29 is 14.6 Å². The van der Waals surface area contributed by atoms with Crippen molar-refractivity contribution in [2.75, 3.05) is 6.61 Å². The topological polar surface area (TPSA) is 46.5 Å². The summed E-state index contributed by atoms with van der Waals surface area (Å²) < 4.78 is 5.76. The Hall–Kier alpha value is -0.830. The number of ether oxygens (including phenoxy) is 1. The van der Waals surface area contributed by atoms with Gasteiger partial charge in [-0.15, -0.1) is 0 Å².